The first-order valence-corrected chi connectivity index (χ1v) is 5.12. The zero-order chi connectivity index (χ0) is 11.6. The summed E-state index contributed by atoms with van der Waals surface area (Å²) in [6.07, 6.45) is 0. The van der Waals surface area contributed by atoms with Crippen LogP contribution < -0.4 is 0 Å². The zero-order valence-electron chi connectivity index (χ0n) is 8.19. The Kier molecular flexibility index (Phi) is 3.61. The van der Waals surface area contributed by atoms with Gasteiger partial charge < -0.3 is 10.0 Å². The van der Waals surface area contributed by atoms with Crippen LogP contribution in [0.2, 0.25) is 0 Å². The van der Waals surface area contributed by atoms with Crippen LogP contribution in [-0.2, 0) is 0 Å². The molecule has 0 aliphatic carbocycles. The molecule has 0 aromatic heterocycles. The molecule has 0 heterocycles. The maximum absolute atomic E-state index is 11.6. The largest absolute Gasteiger partial charge is 0.505 e. The van der Waals surface area contributed by atoms with Gasteiger partial charge in [0.2, 0.25) is 0 Å². The molecule has 0 radical (unpaired) electrons. The van der Waals surface area contributed by atoms with Gasteiger partial charge in [-0.3, -0.25) is 4.79 Å². The number of nitroso groups, excluding NO2 is 1. The lowest BCUT2D eigenvalue weighted by molar-refractivity contribution is 0.0824. The first-order chi connectivity index (χ1) is 6.97. The first-order valence-electron chi connectivity index (χ1n) is 4.05. The summed E-state index contributed by atoms with van der Waals surface area (Å²) in [7, 11) is 3.13. The second kappa shape index (κ2) is 4.56. The van der Waals surface area contributed by atoms with Crippen molar-refractivity contribution in [1.29, 1.82) is 0 Å². The van der Waals surface area contributed by atoms with Gasteiger partial charge in [0, 0.05) is 17.7 Å². The van der Waals surface area contributed by atoms with Crippen molar-refractivity contribution < 1.29 is 9.90 Å². The van der Waals surface area contributed by atoms with Crippen LogP contribution in [0.15, 0.2) is 17.3 Å². The third-order valence-electron chi connectivity index (χ3n) is 1.79. The third-order valence-corrected chi connectivity index (χ3v) is 2.41. The number of carbonyl (C=O) groups is 1. The minimum atomic E-state index is -0.371. The molecular formula is C9H9IN2O3. The van der Waals surface area contributed by atoms with Gasteiger partial charge in [0.05, 0.1) is 5.56 Å². The summed E-state index contributed by atoms with van der Waals surface area (Å²) in [5.41, 5.74) is -0.0337. The molecule has 1 aromatic rings. The number of hydrogen-bond donors (Lipinski definition) is 1. The number of nitrogens with zero attached hydrogens (tertiary/aromatic N) is 2. The minimum Gasteiger partial charge on any atom is -0.505 e. The number of amides is 1. The van der Waals surface area contributed by atoms with Crippen LogP contribution in [0.4, 0.5) is 5.69 Å². The van der Waals surface area contributed by atoms with Gasteiger partial charge in [0.1, 0.15) is 0 Å². The summed E-state index contributed by atoms with van der Waals surface area (Å²) in [6.45, 7) is 0. The van der Waals surface area contributed by atoms with Crippen LogP contribution >= 0.6 is 22.6 Å². The Hall–Kier alpha value is -1.18. The quantitative estimate of drug-likeness (QED) is 0.670. The number of rotatable bonds is 2. The molecule has 0 aliphatic rings. The topological polar surface area (TPSA) is 70.0 Å². The molecule has 0 bridgehead atoms. The number of benzene rings is 1. The summed E-state index contributed by atoms with van der Waals surface area (Å²) in [5.74, 6) is -0.736. The second-order valence-electron chi connectivity index (χ2n) is 3.11. The highest BCUT2D eigenvalue weighted by molar-refractivity contribution is 14.1. The average molecular weight is 320 g/mol. The Morgan fingerprint density at radius 3 is 2.53 bits per heavy atom. The van der Waals surface area contributed by atoms with Gasteiger partial charge in [0.25, 0.3) is 5.91 Å². The lowest BCUT2D eigenvalue weighted by Gasteiger charge is -2.12. The molecule has 0 aliphatic heterocycles. The fourth-order valence-corrected chi connectivity index (χ4v) is 1.66. The highest BCUT2D eigenvalue weighted by Gasteiger charge is 2.17. The number of carbonyl (C=O) groups excluding carboxylic acids is 1. The molecule has 1 amide bonds. The normalized spacial score (nSPS) is 9.80. The fraction of sp³-hybridized carbons (Fsp3) is 0.222. The Labute approximate surface area is 100 Å². The molecule has 15 heavy (non-hydrogen) atoms. The van der Waals surface area contributed by atoms with E-state index >= 15 is 0 Å². The zero-order valence-corrected chi connectivity index (χ0v) is 10.3. The summed E-state index contributed by atoms with van der Waals surface area (Å²) in [6, 6.07) is 2.92. The number of phenolic OH excluding ortho intramolecular Hbond substituents is 1. The monoisotopic (exact) mass is 320 g/mol. The van der Waals surface area contributed by atoms with E-state index in [1.54, 1.807) is 14.1 Å². The first kappa shape index (κ1) is 11.9. The Morgan fingerprint density at radius 2 is 2.07 bits per heavy atom. The van der Waals surface area contributed by atoms with E-state index in [1.807, 2.05) is 22.6 Å². The number of phenols is 1. The van der Waals surface area contributed by atoms with Crippen molar-refractivity contribution >= 4 is 34.2 Å². The van der Waals surface area contributed by atoms with Gasteiger partial charge in [-0.15, -0.1) is 4.91 Å². The second-order valence-corrected chi connectivity index (χ2v) is 4.36. The van der Waals surface area contributed by atoms with E-state index in [1.165, 1.54) is 17.0 Å². The van der Waals surface area contributed by atoms with Crippen LogP contribution in [0, 0.1) is 8.48 Å². The molecule has 1 aromatic carbocycles. The maximum Gasteiger partial charge on any atom is 0.257 e. The molecule has 80 valence electrons. The number of hydrogen-bond acceptors (Lipinski definition) is 4. The van der Waals surface area contributed by atoms with Crippen molar-refractivity contribution in [1.82, 2.24) is 4.90 Å². The lowest BCUT2D eigenvalue weighted by atomic mass is 10.1. The van der Waals surface area contributed by atoms with E-state index in [0.29, 0.717) is 3.57 Å². The highest BCUT2D eigenvalue weighted by atomic mass is 127. The number of halogens is 1. The third kappa shape index (κ3) is 2.44. The molecular weight excluding hydrogens is 311 g/mol. The van der Waals surface area contributed by atoms with Crippen LogP contribution in [0.25, 0.3) is 0 Å². The van der Waals surface area contributed by atoms with Gasteiger partial charge in [-0.25, -0.2) is 0 Å². The average Bonchev–Trinajstić information content (AvgIpc) is 2.19. The molecule has 0 spiro atoms. The Morgan fingerprint density at radius 1 is 1.47 bits per heavy atom. The standard InChI is InChI=1S/C9H9IN2O3/c1-12(2)9(14)6-3-5(10)4-7(11-15)8(6)13/h3-4,13H,1-2H3. The van der Waals surface area contributed by atoms with Crippen molar-refractivity contribution in [3.05, 3.63) is 26.2 Å². The van der Waals surface area contributed by atoms with Crippen molar-refractivity contribution in [2.75, 3.05) is 14.1 Å². The van der Waals surface area contributed by atoms with E-state index in [4.69, 9.17) is 0 Å². The van der Waals surface area contributed by atoms with Crippen LogP contribution in [0.1, 0.15) is 10.4 Å². The molecule has 1 N–H and O–H groups in total. The van der Waals surface area contributed by atoms with Gasteiger partial charge in [-0.1, -0.05) is 0 Å². The van der Waals surface area contributed by atoms with Crippen molar-refractivity contribution in [3.63, 3.8) is 0 Å². The predicted octanol–water partition coefficient (Wildman–Crippen LogP) is 2.10. The molecule has 0 unspecified atom stereocenters. The van der Waals surface area contributed by atoms with E-state index in [0.717, 1.165) is 0 Å². The maximum atomic E-state index is 11.6. The molecule has 1 rings (SSSR count). The van der Waals surface area contributed by atoms with E-state index in [-0.39, 0.29) is 22.9 Å². The van der Waals surface area contributed by atoms with Gasteiger partial charge in [0.15, 0.2) is 11.4 Å². The number of aromatic hydroxyl groups is 1. The molecule has 0 saturated carbocycles. The van der Waals surface area contributed by atoms with Crippen LogP contribution in [0.3, 0.4) is 0 Å². The minimum absolute atomic E-state index is 0.0847. The highest BCUT2D eigenvalue weighted by Crippen LogP contribution is 2.32. The Balaban J connectivity index is 3.35. The summed E-state index contributed by atoms with van der Waals surface area (Å²) in [4.78, 5) is 23.3. The molecule has 0 fully saturated rings. The van der Waals surface area contributed by atoms with Crippen molar-refractivity contribution in [2.24, 2.45) is 5.18 Å². The Bertz CT molecular complexity index is 418. The van der Waals surface area contributed by atoms with E-state index in [9.17, 15) is 14.8 Å². The summed E-state index contributed by atoms with van der Waals surface area (Å²) < 4.78 is 0.671. The van der Waals surface area contributed by atoms with Crippen LogP contribution in [0.5, 0.6) is 5.75 Å². The SMILES string of the molecule is CN(C)C(=O)c1cc(I)cc(N=O)c1O. The van der Waals surface area contributed by atoms with Crippen molar-refractivity contribution in [3.8, 4) is 5.75 Å². The lowest BCUT2D eigenvalue weighted by Crippen LogP contribution is -2.21. The van der Waals surface area contributed by atoms with Gasteiger partial charge in [-0.05, 0) is 39.9 Å². The summed E-state index contributed by atoms with van der Waals surface area (Å²) >= 11 is 1.95. The molecule has 0 saturated heterocycles. The van der Waals surface area contributed by atoms with Crippen molar-refractivity contribution in [2.45, 2.75) is 0 Å². The predicted molar refractivity (Wildman–Crippen MR) is 64.3 cm³/mol. The smallest absolute Gasteiger partial charge is 0.257 e. The van der Waals surface area contributed by atoms with Gasteiger partial charge >= 0.3 is 0 Å². The molecule has 0 atom stereocenters. The van der Waals surface area contributed by atoms with E-state index in [2.05, 4.69) is 5.18 Å². The summed E-state index contributed by atoms with van der Waals surface area (Å²) in [5, 5.41) is 12.2. The fourth-order valence-electron chi connectivity index (χ4n) is 1.06. The van der Waals surface area contributed by atoms with Crippen LogP contribution in [-0.4, -0.2) is 30.0 Å². The molecule has 5 nitrogen and oxygen atoms in total. The van der Waals surface area contributed by atoms with E-state index < -0.39 is 0 Å². The van der Waals surface area contributed by atoms with Gasteiger partial charge in [-0.2, -0.15) is 0 Å². The molecule has 6 heteroatoms.